The molecule has 0 aliphatic heterocycles. The summed E-state index contributed by atoms with van der Waals surface area (Å²) in [4.78, 5) is 7.40. The van der Waals surface area contributed by atoms with Gasteiger partial charge in [-0.05, 0) is 28.3 Å². The molecule has 5 heteroatoms. The number of imidazole rings is 1. The van der Waals surface area contributed by atoms with Gasteiger partial charge in [-0.25, -0.2) is 9.37 Å². The number of halogens is 2. The maximum atomic E-state index is 13.1. The molecule has 0 radical (unpaired) electrons. The van der Waals surface area contributed by atoms with E-state index in [0.29, 0.717) is 4.47 Å². The van der Waals surface area contributed by atoms with Gasteiger partial charge in [-0.15, -0.1) is 0 Å². The average Bonchev–Trinajstić information content (AvgIpc) is 2.48. The lowest BCUT2D eigenvalue weighted by molar-refractivity contribution is 0.623. The summed E-state index contributed by atoms with van der Waals surface area (Å²) in [6, 6.07) is 3.14. The summed E-state index contributed by atoms with van der Waals surface area (Å²) in [5, 5.41) is 0. The topological polar surface area (TPSA) is 28.7 Å². The molecule has 0 atom stereocenters. The lowest BCUT2D eigenvalue weighted by Crippen LogP contribution is -1.80. The summed E-state index contributed by atoms with van der Waals surface area (Å²) in [6.45, 7) is 0. The predicted octanol–water partition coefficient (Wildman–Crippen LogP) is 3.33. The lowest BCUT2D eigenvalue weighted by atomic mass is 10.3. The number of rotatable bonds is 2. The van der Waals surface area contributed by atoms with Gasteiger partial charge in [0.2, 0.25) is 0 Å². The van der Waals surface area contributed by atoms with Crippen molar-refractivity contribution in [2.24, 2.45) is 0 Å². The van der Waals surface area contributed by atoms with Crippen LogP contribution in [-0.4, -0.2) is 16.2 Å². The molecule has 0 saturated heterocycles. The second-order valence-corrected chi connectivity index (χ2v) is 4.62. The highest BCUT2D eigenvalue weighted by atomic mass is 79.9. The van der Waals surface area contributed by atoms with Crippen molar-refractivity contribution in [2.45, 2.75) is 5.75 Å². The van der Waals surface area contributed by atoms with E-state index in [4.69, 9.17) is 0 Å². The van der Waals surface area contributed by atoms with Crippen LogP contribution in [0.5, 0.6) is 0 Å². The van der Waals surface area contributed by atoms with E-state index in [1.807, 2.05) is 6.26 Å². The van der Waals surface area contributed by atoms with E-state index in [9.17, 15) is 4.39 Å². The average molecular weight is 275 g/mol. The third-order valence-corrected chi connectivity index (χ3v) is 3.02. The number of hydrogen-bond donors (Lipinski definition) is 1. The Balaban J connectivity index is 2.54. The fraction of sp³-hybridized carbons (Fsp3) is 0.222. The van der Waals surface area contributed by atoms with Crippen molar-refractivity contribution < 1.29 is 4.39 Å². The zero-order chi connectivity index (χ0) is 10.1. The van der Waals surface area contributed by atoms with Gasteiger partial charge < -0.3 is 4.98 Å². The van der Waals surface area contributed by atoms with Gasteiger partial charge in [-0.3, -0.25) is 0 Å². The number of benzene rings is 1. The van der Waals surface area contributed by atoms with Gasteiger partial charge in [-0.1, -0.05) is 0 Å². The minimum absolute atomic E-state index is 0.267. The van der Waals surface area contributed by atoms with Crippen LogP contribution in [0.2, 0.25) is 0 Å². The van der Waals surface area contributed by atoms with E-state index in [1.165, 1.54) is 6.07 Å². The fourth-order valence-corrected chi connectivity index (χ4v) is 2.00. The number of aromatic amines is 1. The Bertz CT molecular complexity index is 430. The summed E-state index contributed by atoms with van der Waals surface area (Å²) in [7, 11) is 0. The monoisotopic (exact) mass is 274 g/mol. The molecule has 1 aromatic carbocycles. The smallest absolute Gasteiger partial charge is 0.139 e. The van der Waals surface area contributed by atoms with Crippen LogP contribution in [0.25, 0.3) is 11.0 Å². The first-order valence-corrected chi connectivity index (χ1v) is 6.22. The molecule has 0 saturated carbocycles. The van der Waals surface area contributed by atoms with Crippen LogP contribution >= 0.6 is 27.7 Å². The van der Waals surface area contributed by atoms with Crippen molar-refractivity contribution in [1.82, 2.24) is 9.97 Å². The van der Waals surface area contributed by atoms with E-state index in [0.717, 1.165) is 22.6 Å². The maximum Gasteiger partial charge on any atom is 0.139 e. The van der Waals surface area contributed by atoms with Crippen LogP contribution in [-0.2, 0) is 5.75 Å². The van der Waals surface area contributed by atoms with E-state index in [1.54, 1.807) is 17.8 Å². The van der Waals surface area contributed by atoms with Gasteiger partial charge in [0.25, 0.3) is 0 Å². The molecule has 1 N–H and O–H groups in total. The number of nitrogens with one attached hydrogen (secondary N) is 1. The van der Waals surface area contributed by atoms with Crippen LogP contribution in [0.4, 0.5) is 4.39 Å². The van der Waals surface area contributed by atoms with Crippen LogP contribution in [0, 0.1) is 5.82 Å². The number of nitrogens with zero attached hydrogens (tertiary/aromatic N) is 1. The first kappa shape index (κ1) is 9.98. The molecular formula is C9H8BrFN2S. The molecule has 0 bridgehead atoms. The minimum atomic E-state index is -0.267. The van der Waals surface area contributed by atoms with Gasteiger partial charge in [0, 0.05) is 6.07 Å². The highest BCUT2D eigenvalue weighted by Crippen LogP contribution is 2.22. The van der Waals surface area contributed by atoms with Gasteiger partial charge in [0.05, 0.1) is 21.3 Å². The Labute approximate surface area is 93.4 Å². The highest BCUT2D eigenvalue weighted by Gasteiger charge is 2.06. The zero-order valence-corrected chi connectivity index (χ0v) is 9.88. The largest absolute Gasteiger partial charge is 0.341 e. The van der Waals surface area contributed by atoms with Gasteiger partial charge in [0.15, 0.2) is 0 Å². The van der Waals surface area contributed by atoms with E-state index < -0.39 is 0 Å². The molecule has 74 valence electrons. The Morgan fingerprint density at radius 1 is 1.57 bits per heavy atom. The first-order valence-electron chi connectivity index (χ1n) is 4.03. The lowest BCUT2D eigenvalue weighted by Gasteiger charge is -1.92. The van der Waals surface area contributed by atoms with Crippen LogP contribution < -0.4 is 0 Å². The molecule has 0 unspecified atom stereocenters. The van der Waals surface area contributed by atoms with Crippen LogP contribution in [0.3, 0.4) is 0 Å². The van der Waals surface area contributed by atoms with Crippen LogP contribution in [0.1, 0.15) is 5.82 Å². The Hall–Kier alpha value is -0.550. The minimum Gasteiger partial charge on any atom is -0.341 e. The normalized spacial score (nSPS) is 11.1. The third-order valence-electron chi connectivity index (χ3n) is 1.85. The number of aromatic nitrogens is 2. The SMILES string of the molecule is CSCc1nc2cc(Br)c(F)cc2[nH]1. The molecule has 2 aromatic rings. The summed E-state index contributed by atoms with van der Waals surface area (Å²) >= 11 is 4.81. The van der Waals surface area contributed by atoms with E-state index in [2.05, 4.69) is 25.9 Å². The Morgan fingerprint density at radius 3 is 3.07 bits per heavy atom. The fourth-order valence-electron chi connectivity index (χ4n) is 1.26. The second-order valence-electron chi connectivity index (χ2n) is 2.90. The van der Waals surface area contributed by atoms with Crippen molar-refractivity contribution in [2.75, 3.05) is 6.26 Å². The second kappa shape index (κ2) is 3.90. The first-order chi connectivity index (χ1) is 6.70. The summed E-state index contributed by atoms with van der Waals surface area (Å²) in [5.41, 5.74) is 1.54. The molecule has 0 aliphatic carbocycles. The molecule has 2 rings (SSSR count). The summed E-state index contributed by atoms with van der Waals surface area (Å²) in [6.07, 6.45) is 2.00. The third kappa shape index (κ3) is 1.79. The number of hydrogen-bond acceptors (Lipinski definition) is 2. The highest BCUT2D eigenvalue weighted by molar-refractivity contribution is 9.10. The Morgan fingerprint density at radius 2 is 2.36 bits per heavy atom. The molecule has 0 fully saturated rings. The van der Waals surface area contributed by atoms with Crippen LogP contribution in [0.15, 0.2) is 16.6 Å². The summed E-state index contributed by atoms with van der Waals surface area (Å²) < 4.78 is 13.6. The molecule has 1 heterocycles. The molecule has 2 nitrogen and oxygen atoms in total. The summed E-state index contributed by atoms with van der Waals surface area (Å²) in [5.74, 6) is 1.43. The predicted molar refractivity (Wildman–Crippen MR) is 61.0 cm³/mol. The molecule has 0 aliphatic rings. The van der Waals surface area contributed by atoms with Crippen molar-refractivity contribution in [3.05, 3.63) is 28.2 Å². The Kier molecular flexibility index (Phi) is 2.78. The number of fused-ring (bicyclic) bond motifs is 1. The van der Waals surface area contributed by atoms with Crippen molar-refractivity contribution in [3.8, 4) is 0 Å². The van der Waals surface area contributed by atoms with Gasteiger partial charge in [-0.2, -0.15) is 11.8 Å². The zero-order valence-electron chi connectivity index (χ0n) is 7.47. The van der Waals surface area contributed by atoms with Crippen molar-refractivity contribution in [1.29, 1.82) is 0 Å². The molecular weight excluding hydrogens is 267 g/mol. The molecule has 14 heavy (non-hydrogen) atoms. The standard InChI is InChI=1S/C9H8BrFN2S/c1-14-4-9-12-7-2-5(10)6(11)3-8(7)13-9/h2-3H,4H2,1H3,(H,12,13). The van der Waals surface area contributed by atoms with E-state index >= 15 is 0 Å². The van der Waals surface area contributed by atoms with Gasteiger partial charge >= 0.3 is 0 Å². The molecule has 0 amide bonds. The van der Waals surface area contributed by atoms with Crippen molar-refractivity contribution >= 4 is 38.7 Å². The van der Waals surface area contributed by atoms with Crippen molar-refractivity contribution in [3.63, 3.8) is 0 Å². The quantitative estimate of drug-likeness (QED) is 0.910. The van der Waals surface area contributed by atoms with Gasteiger partial charge in [0.1, 0.15) is 11.6 Å². The number of H-pyrrole nitrogens is 1. The number of thioether (sulfide) groups is 1. The van der Waals surface area contributed by atoms with E-state index in [-0.39, 0.29) is 5.82 Å². The molecule has 1 aromatic heterocycles. The maximum absolute atomic E-state index is 13.1. The molecule has 0 spiro atoms.